The van der Waals surface area contributed by atoms with Crippen LogP contribution < -0.4 is 0 Å². The van der Waals surface area contributed by atoms with Crippen LogP contribution in [0.1, 0.15) is 131 Å². The molecule has 3 fully saturated rings. The molecule has 0 saturated heterocycles. The Kier molecular flexibility index (Phi) is 16.8. The molecule has 3 saturated carbocycles. The van der Waals surface area contributed by atoms with Gasteiger partial charge in [0.2, 0.25) is 0 Å². The minimum atomic E-state index is -5.33. The molecule has 11 heteroatoms. The van der Waals surface area contributed by atoms with E-state index >= 15 is 0 Å². The molecule has 3 aliphatic rings. The molecule has 0 heterocycles. The topological polar surface area (TPSA) is 159 Å². The Hall–Kier alpha value is -0.600. The number of unbranched alkanes of at least 4 members (excludes halogenated alkanes) is 2. The number of fused-ring (bicyclic) bond motifs is 1. The largest absolute Gasteiger partial charge is 0.393 e. The van der Waals surface area contributed by atoms with Crippen molar-refractivity contribution >= 4 is 15.2 Å². The molecule has 3 rings (SSSR count). The van der Waals surface area contributed by atoms with Gasteiger partial charge in [-0.15, -0.1) is 0 Å². The fraction of sp³-hybridized carbons (Fsp3) is 0.833. The SMILES string of the molecule is C=C1CC[C@H](O)C/C1=C/C=C1\CCC[C@]2(C)[C@@H]([C@H](C)CCCC(C)C)CC[C@@H]12.CCCCCN(C)CCC(O)(P(=O)(O)O)P(=O)(O)O. The zero-order valence-corrected chi connectivity index (χ0v) is 31.9. The van der Waals surface area contributed by atoms with E-state index in [-0.39, 0.29) is 12.6 Å². The summed E-state index contributed by atoms with van der Waals surface area (Å²) in [5.41, 5.74) is 4.72. The molecule has 9 nitrogen and oxygen atoms in total. The Balaban J connectivity index is 0.000000355. The van der Waals surface area contributed by atoms with E-state index in [0.717, 1.165) is 62.2 Å². The van der Waals surface area contributed by atoms with E-state index in [0.29, 0.717) is 12.0 Å². The van der Waals surface area contributed by atoms with Gasteiger partial charge in [0, 0.05) is 13.0 Å². The van der Waals surface area contributed by atoms with E-state index in [4.69, 9.17) is 19.6 Å². The van der Waals surface area contributed by atoms with Crippen molar-refractivity contribution in [2.45, 2.75) is 142 Å². The van der Waals surface area contributed by atoms with Gasteiger partial charge < -0.3 is 34.7 Å². The van der Waals surface area contributed by atoms with Gasteiger partial charge in [0.05, 0.1) is 6.10 Å². The first kappa shape index (κ1) is 42.6. The molecule has 6 N–H and O–H groups in total. The number of hydrogen-bond acceptors (Lipinski definition) is 5. The maximum absolute atomic E-state index is 11.1. The monoisotopic (exact) mass is 703 g/mol. The third kappa shape index (κ3) is 12.0. The number of hydrogen-bond donors (Lipinski definition) is 6. The minimum absolute atomic E-state index is 0.0174. The molecule has 0 aliphatic heterocycles. The van der Waals surface area contributed by atoms with E-state index in [9.17, 15) is 19.3 Å². The minimum Gasteiger partial charge on any atom is -0.393 e. The van der Waals surface area contributed by atoms with Crippen LogP contribution in [0, 0.1) is 29.1 Å². The van der Waals surface area contributed by atoms with Crippen LogP contribution in [0.25, 0.3) is 0 Å². The third-order valence-corrected chi connectivity index (χ3v) is 15.1. The van der Waals surface area contributed by atoms with E-state index in [1.807, 2.05) is 6.92 Å². The van der Waals surface area contributed by atoms with Crippen molar-refractivity contribution in [2.75, 3.05) is 20.1 Å². The van der Waals surface area contributed by atoms with Gasteiger partial charge in [-0.05, 0) is 106 Å². The normalized spacial score (nSPS) is 28.1. The van der Waals surface area contributed by atoms with Gasteiger partial charge in [-0.1, -0.05) is 96.6 Å². The Labute approximate surface area is 285 Å². The van der Waals surface area contributed by atoms with Gasteiger partial charge in [0.15, 0.2) is 0 Å². The maximum Gasteiger partial charge on any atom is 0.369 e. The second-order valence-electron chi connectivity index (χ2n) is 15.5. The van der Waals surface area contributed by atoms with Crippen LogP contribution in [-0.4, -0.2) is 66.0 Å². The zero-order valence-electron chi connectivity index (χ0n) is 30.1. The molecular weight excluding hydrogens is 636 g/mol. The lowest BCUT2D eigenvalue weighted by Gasteiger charge is -2.44. The Morgan fingerprint density at radius 1 is 0.979 bits per heavy atom. The van der Waals surface area contributed by atoms with Gasteiger partial charge in [0.1, 0.15) is 0 Å². The van der Waals surface area contributed by atoms with Gasteiger partial charge in [-0.25, -0.2) is 0 Å². The van der Waals surface area contributed by atoms with Crippen LogP contribution in [0.5, 0.6) is 0 Å². The highest BCUT2D eigenvalue weighted by Crippen LogP contribution is 2.69. The second-order valence-corrected chi connectivity index (χ2v) is 19.5. The molecule has 0 aromatic carbocycles. The number of rotatable bonds is 15. The second kappa shape index (κ2) is 18.6. The van der Waals surface area contributed by atoms with Gasteiger partial charge >= 0.3 is 15.2 Å². The van der Waals surface area contributed by atoms with Crippen molar-refractivity contribution < 1.29 is 38.9 Å². The number of aliphatic hydroxyl groups excluding tert-OH is 1. The highest BCUT2D eigenvalue weighted by Gasteiger charge is 2.59. The van der Waals surface area contributed by atoms with Crippen LogP contribution in [0.2, 0.25) is 0 Å². The van der Waals surface area contributed by atoms with Crippen LogP contribution in [-0.2, 0) is 9.13 Å². The first-order valence-corrected chi connectivity index (χ1v) is 21.3. The Morgan fingerprint density at radius 2 is 1.64 bits per heavy atom. The predicted octanol–water partition coefficient (Wildman–Crippen LogP) is 8.12. The molecule has 0 amide bonds. The van der Waals surface area contributed by atoms with Crippen LogP contribution in [0.4, 0.5) is 0 Å². The summed E-state index contributed by atoms with van der Waals surface area (Å²) in [5.74, 6) is 3.37. The van der Waals surface area contributed by atoms with Crippen LogP contribution >= 0.6 is 15.2 Å². The smallest absolute Gasteiger partial charge is 0.369 e. The molecule has 0 bridgehead atoms. The lowest BCUT2D eigenvalue weighted by Crippen LogP contribution is -2.36. The summed E-state index contributed by atoms with van der Waals surface area (Å²) in [6, 6.07) is 0. The van der Waals surface area contributed by atoms with Crippen molar-refractivity contribution in [1.82, 2.24) is 4.90 Å². The summed E-state index contributed by atoms with van der Waals surface area (Å²) in [5, 5.41) is 16.4. The molecule has 0 radical (unpaired) electrons. The summed E-state index contributed by atoms with van der Waals surface area (Å²) in [6.45, 7) is 16.7. The van der Waals surface area contributed by atoms with E-state index in [1.54, 1.807) is 17.5 Å². The summed E-state index contributed by atoms with van der Waals surface area (Å²) >= 11 is 0. The molecule has 0 aromatic heterocycles. The molecule has 0 spiro atoms. The van der Waals surface area contributed by atoms with E-state index < -0.39 is 26.7 Å². The van der Waals surface area contributed by atoms with Crippen molar-refractivity contribution in [3.8, 4) is 0 Å². The summed E-state index contributed by atoms with van der Waals surface area (Å²) in [4.78, 5) is 37.5. The molecule has 3 aliphatic carbocycles. The van der Waals surface area contributed by atoms with Crippen LogP contribution in [0.3, 0.4) is 0 Å². The predicted molar refractivity (Wildman–Crippen MR) is 192 cm³/mol. The summed E-state index contributed by atoms with van der Waals surface area (Å²) < 4.78 is 22.2. The summed E-state index contributed by atoms with van der Waals surface area (Å²) in [7, 11) is -9.00. The molecule has 0 aromatic rings. The quantitative estimate of drug-likeness (QED) is 0.0732. The fourth-order valence-corrected chi connectivity index (χ4v) is 10.3. The first-order valence-electron chi connectivity index (χ1n) is 18.0. The number of aliphatic hydroxyl groups is 2. The average Bonchev–Trinajstić information content (AvgIpc) is 3.33. The van der Waals surface area contributed by atoms with Crippen molar-refractivity contribution in [2.24, 2.45) is 29.1 Å². The standard InChI is InChI=1S/C27H44O.C9H23NO7P2/c1-19(2)8-6-9-21(4)25-15-16-26-22(10-7-17-27(25,26)5)12-13-23-18-24(28)14-11-20(23)3;1-3-4-5-7-10(2)8-6-9(11,18(12,13)14)19(15,16)17/h12-13,19,21,24-26,28H,3,6-11,14-18H2,1-2,4-5H3;11H,3-8H2,1-2H3,(H2,12,13,14)(H2,15,16,17)/b22-12+,23-13-;/t21-,24+,25-,26+,27-;/m1./s1. The third-order valence-electron chi connectivity index (χ3n) is 11.3. The van der Waals surface area contributed by atoms with Crippen LogP contribution in [0.15, 0.2) is 35.5 Å². The molecule has 274 valence electrons. The van der Waals surface area contributed by atoms with E-state index in [1.165, 1.54) is 62.5 Å². The van der Waals surface area contributed by atoms with Crippen molar-refractivity contribution in [1.29, 1.82) is 0 Å². The van der Waals surface area contributed by atoms with E-state index in [2.05, 4.69) is 46.4 Å². The summed E-state index contributed by atoms with van der Waals surface area (Å²) in [6.07, 6.45) is 20.4. The van der Waals surface area contributed by atoms with Gasteiger partial charge in [-0.3, -0.25) is 9.13 Å². The number of nitrogens with zero attached hydrogens (tertiary/aromatic N) is 1. The first-order chi connectivity index (χ1) is 21.8. The highest BCUT2D eigenvalue weighted by molar-refractivity contribution is 7.72. The lowest BCUT2D eigenvalue weighted by atomic mass is 9.60. The van der Waals surface area contributed by atoms with Gasteiger partial charge in [-0.2, -0.15) is 0 Å². The van der Waals surface area contributed by atoms with Crippen molar-refractivity contribution in [3.05, 3.63) is 35.5 Å². The van der Waals surface area contributed by atoms with Crippen molar-refractivity contribution in [3.63, 3.8) is 0 Å². The average molecular weight is 704 g/mol. The Bertz CT molecular complexity index is 1140. The lowest BCUT2D eigenvalue weighted by molar-refractivity contribution is 0.0928. The Morgan fingerprint density at radius 3 is 2.23 bits per heavy atom. The van der Waals surface area contributed by atoms with Gasteiger partial charge in [0.25, 0.3) is 5.08 Å². The molecule has 47 heavy (non-hydrogen) atoms. The fourth-order valence-electron chi connectivity index (χ4n) is 8.20. The number of allylic oxidation sites excluding steroid dienone is 4. The highest BCUT2D eigenvalue weighted by atomic mass is 31.2. The zero-order chi connectivity index (χ0) is 35.6. The molecular formula is C36H67NO8P2. The maximum atomic E-state index is 11.1. The molecule has 5 atom stereocenters. The molecule has 0 unspecified atom stereocenters.